The summed E-state index contributed by atoms with van der Waals surface area (Å²) in [6.07, 6.45) is 6.36. The molecule has 0 unspecified atom stereocenters. The molecule has 0 aromatic carbocycles. The van der Waals surface area contributed by atoms with Crippen molar-refractivity contribution in [1.29, 1.82) is 0 Å². The average molecular weight is 303 g/mol. The first-order valence-electron chi connectivity index (χ1n) is 8.05. The van der Waals surface area contributed by atoms with E-state index in [0.717, 1.165) is 39.1 Å². The number of carbonyl (C=O) groups is 1. The van der Waals surface area contributed by atoms with E-state index in [4.69, 9.17) is 4.74 Å². The highest BCUT2D eigenvalue weighted by Crippen LogP contribution is 2.47. The van der Waals surface area contributed by atoms with E-state index in [1.165, 1.54) is 5.56 Å². The van der Waals surface area contributed by atoms with Crippen LogP contribution in [-0.4, -0.2) is 66.6 Å². The Kier molecular flexibility index (Phi) is 4.45. The maximum Gasteiger partial charge on any atom is 0.223 e. The number of ether oxygens (including phenoxy) is 1. The SMILES string of the molecule is COCCN1CCC2(CC1)[C@H](c1ccncc1)CC(=O)N2C. The van der Waals surface area contributed by atoms with Crippen molar-refractivity contribution in [2.45, 2.75) is 30.7 Å². The van der Waals surface area contributed by atoms with Crippen molar-refractivity contribution < 1.29 is 9.53 Å². The van der Waals surface area contributed by atoms with Gasteiger partial charge >= 0.3 is 0 Å². The molecule has 2 saturated heterocycles. The highest BCUT2D eigenvalue weighted by atomic mass is 16.5. The van der Waals surface area contributed by atoms with E-state index >= 15 is 0 Å². The number of hydrogen-bond donors (Lipinski definition) is 0. The number of hydrogen-bond acceptors (Lipinski definition) is 4. The Morgan fingerprint density at radius 2 is 2.00 bits per heavy atom. The third-order valence-corrected chi connectivity index (χ3v) is 5.51. The minimum Gasteiger partial charge on any atom is -0.383 e. The van der Waals surface area contributed by atoms with Gasteiger partial charge in [-0.2, -0.15) is 0 Å². The maximum absolute atomic E-state index is 12.4. The second kappa shape index (κ2) is 6.34. The molecule has 0 bridgehead atoms. The summed E-state index contributed by atoms with van der Waals surface area (Å²) in [5.74, 6) is 0.560. The summed E-state index contributed by atoms with van der Waals surface area (Å²) >= 11 is 0. The Bertz CT molecular complexity index is 512. The number of aromatic nitrogens is 1. The van der Waals surface area contributed by atoms with Gasteiger partial charge in [-0.1, -0.05) is 0 Å². The van der Waals surface area contributed by atoms with E-state index in [9.17, 15) is 4.79 Å². The first-order valence-corrected chi connectivity index (χ1v) is 8.05. The Morgan fingerprint density at radius 1 is 1.32 bits per heavy atom. The van der Waals surface area contributed by atoms with Crippen LogP contribution in [0.15, 0.2) is 24.5 Å². The second-order valence-electron chi connectivity index (χ2n) is 6.43. The molecule has 5 nitrogen and oxygen atoms in total. The van der Waals surface area contributed by atoms with Crippen molar-refractivity contribution in [3.05, 3.63) is 30.1 Å². The van der Waals surface area contributed by atoms with Gasteiger partial charge in [0.15, 0.2) is 0 Å². The fourth-order valence-corrected chi connectivity index (χ4v) is 4.08. The molecule has 1 amide bonds. The zero-order valence-electron chi connectivity index (χ0n) is 13.5. The number of amides is 1. The number of likely N-dealkylation sites (tertiary alicyclic amines) is 2. The number of methoxy groups -OCH3 is 1. The summed E-state index contributed by atoms with van der Waals surface area (Å²) in [6, 6.07) is 4.13. The van der Waals surface area contributed by atoms with E-state index in [0.29, 0.717) is 6.42 Å². The smallest absolute Gasteiger partial charge is 0.223 e. The highest BCUT2D eigenvalue weighted by Gasteiger charge is 2.52. The van der Waals surface area contributed by atoms with Gasteiger partial charge in [-0.25, -0.2) is 0 Å². The molecule has 3 heterocycles. The van der Waals surface area contributed by atoms with Gasteiger partial charge in [-0.3, -0.25) is 9.78 Å². The zero-order valence-corrected chi connectivity index (χ0v) is 13.5. The minimum absolute atomic E-state index is 0.0258. The molecule has 2 fully saturated rings. The van der Waals surface area contributed by atoms with Gasteiger partial charge in [-0.05, 0) is 30.5 Å². The van der Waals surface area contributed by atoms with Gasteiger partial charge < -0.3 is 14.5 Å². The molecule has 2 aliphatic heterocycles. The number of pyridine rings is 1. The van der Waals surface area contributed by atoms with Crippen LogP contribution in [0.2, 0.25) is 0 Å². The normalized spacial score (nSPS) is 25.1. The van der Waals surface area contributed by atoms with Crippen LogP contribution in [0.25, 0.3) is 0 Å². The zero-order chi connectivity index (χ0) is 15.6. The Hall–Kier alpha value is -1.46. The first-order chi connectivity index (χ1) is 10.7. The quantitative estimate of drug-likeness (QED) is 0.846. The van der Waals surface area contributed by atoms with Gasteiger partial charge in [0.1, 0.15) is 0 Å². The van der Waals surface area contributed by atoms with Crippen molar-refractivity contribution in [3.8, 4) is 0 Å². The predicted octanol–water partition coefficient (Wildman–Crippen LogP) is 1.51. The number of nitrogens with zero attached hydrogens (tertiary/aromatic N) is 3. The summed E-state index contributed by atoms with van der Waals surface area (Å²) in [7, 11) is 3.72. The summed E-state index contributed by atoms with van der Waals surface area (Å²) in [5, 5.41) is 0. The molecule has 0 aliphatic carbocycles. The molecular formula is C17H25N3O2. The molecule has 2 aliphatic rings. The van der Waals surface area contributed by atoms with Crippen LogP contribution in [-0.2, 0) is 9.53 Å². The van der Waals surface area contributed by atoms with Crippen LogP contribution in [0.5, 0.6) is 0 Å². The van der Waals surface area contributed by atoms with Crippen LogP contribution < -0.4 is 0 Å². The fourth-order valence-electron chi connectivity index (χ4n) is 4.08. The Morgan fingerprint density at radius 3 is 2.64 bits per heavy atom. The summed E-state index contributed by atoms with van der Waals surface area (Å²) < 4.78 is 5.18. The third-order valence-electron chi connectivity index (χ3n) is 5.51. The predicted molar refractivity (Wildman–Crippen MR) is 84.6 cm³/mol. The molecule has 1 atom stereocenters. The lowest BCUT2D eigenvalue weighted by Crippen LogP contribution is -2.54. The van der Waals surface area contributed by atoms with E-state index < -0.39 is 0 Å². The van der Waals surface area contributed by atoms with Crippen LogP contribution in [0, 0.1) is 0 Å². The standard InChI is InChI=1S/C17H25N3O2/c1-19-16(21)13-15(14-3-7-18-8-4-14)17(19)5-9-20(10-6-17)11-12-22-2/h3-4,7-8,15H,5-6,9-13H2,1-2H3/t15-/m0/s1. The van der Waals surface area contributed by atoms with Gasteiger partial charge in [0, 0.05) is 58.5 Å². The molecule has 0 saturated carbocycles. The van der Waals surface area contributed by atoms with Crippen molar-refractivity contribution in [1.82, 2.24) is 14.8 Å². The molecule has 22 heavy (non-hydrogen) atoms. The largest absolute Gasteiger partial charge is 0.383 e. The molecule has 120 valence electrons. The number of rotatable bonds is 4. The van der Waals surface area contributed by atoms with E-state index in [1.54, 1.807) is 7.11 Å². The number of carbonyl (C=O) groups excluding carboxylic acids is 1. The lowest BCUT2D eigenvalue weighted by atomic mass is 9.74. The molecule has 1 spiro atoms. The average Bonchev–Trinajstić information content (AvgIpc) is 2.80. The van der Waals surface area contributed by atoms with E-state index in [2.05, 4.69) is 22.0 Å². The van der Waals surface area contributed by atoms with Crippen LogP contribution in [0.4, 0.5) is 0 Å². The van der Waals surface area contributed by atoms with Crippen molar-refractivity contribution in [2.24, 2.45) is 0 Å². The first kappa shape index (κ1) is 15.4. The number of piperidine rings is 1. The van der Waals surface area contributed by atoms with Crippen LogP contribution in [0.3, 0.4) is 0 Å². The van der Waals surface area contributed by atoms with Crippen LogP contribution in [0.1, 0.15) is 30.7 Å². The molecule has 1 aromatic heterocycles. The maximum atomic E-state index is 12.4. The summed E-state index contributed by atoms with van der Waals surface area (Å²) in [6.45, 7) is 3.81. The molecule has 1 aromatic rings. The fraction of sp³-hybridized carbons (Fsp3) is 0.647. The minimum atomic E-state index is -0.0258. The van der Waals surface area contributed by atoms with Crippen molar-refractivity contribution in [3.63, 3.8) is 0 Å². The van der Waals surface area contributed by atoms with Crippen molar-refractivity contribution >= 4 is 5.91 Å². The Balaban J connectivity index is 1.79. The lowest BCUT2D eigenvalue weighted by molar-refractivity contribution is -0.130. The summed E-state index contributed by atoms with van der Waals surface area (Å²) in [4.78, 5) is 20.9. The van der Waals surface area contributed by atoms with E-state index in [1.807, 2.05) is 24.3 Å². The molecular weight excluding hydrogens is 278 g/mol. The third kappa shape index (κ3) is 2.63. The van der Waals surface area contributed by atoms with Gasteiger partial charge in [0.25, 0.3) is 0 Å². The number of likely N-dealkylation sites (N-methyl/N-ethyl adjacent to an activating group) is 1. The van der Waals surface area contributed by atoms with Crippen molar-refractivity contribution in [2.75, 3.05) is 40.4 Å². The highest BCUT2D eigenvalue weighted by molar-refractivity contribution is 5.81. The van der Waals surface area contributed by atoms with E-state index in [-0.39, 0.29) is 17.4 Å². The second-order valence-corrected chi connectivity index (χ2v) is 6.43. The van der Waals surface area contributed by atoms with Crippen LogP contribution >= 0.6 is 0 Å². The molecule has 0 N–H and O–H groups in total. The molecule has 0 radical (unpaired) electrons. The van der Waals surface area contributed by atoms with Gasteiger partial charge in [0.2, 0.25) is 5.91 Å². The molecule has 5 heteroatoms. The van der Waals surface area contributed by atoms with Gasteiger partial charge in [0.05, 0.1) is 12.1 Å². The molecule has 3 rings (SSSR count). The topological polar surface area (TPSA) is 45.7 Å². The Labute approximate surface area is 132 Å². The lowest BCUT2D eigenvalue weighted by Gasteiger charge is -2.46. The monoisotopic (exact) mass is 303 g/mol. The van der Waals surface area contributed by atoms with Gasteiger partial charge in [-0.15, -0.1) is 0 Å². The summed E-state index contributed by atoms with van der Waals surface area (Å²) in [5.41, 5.74) is 1.22.